The lowest BCUT2D eigenvalue weighted by Crippen LogP contribution is -2.58. The fourth-order valence-corrected chi connectivity index (χ4v) is 4.69. The van der Waals surface area contributed by atoms with Crippen LogP contribution in [-0.4, -0.2) is 55.4 Å². The largest absolute Gasteiger partial charge is 0.381 e. The van der Waals surface area contributed by atoms with Gasteiger partial charge >= 0.3 is 0 Å². The van der Waals surface area contributed by atoms with E-state index in [0.717, 1.165) is 50.5 Å². The van der Waals surface area contributed by atoms with E-state index < -0.39 is 0 Å². The Labute approximate surface area is 152 Å². The highest BCUT2D eigenvalue weighted by Crippen LogP contribution is 2.32. The summed E-state index contributed by atoms with van der Waals surface area (Å²) < 4.78 is 11.7. The Hall–Kier alpha value is -0.650. The van der Waals surface area contributed by atoms with Gasteiger partial charge in [0.15, 0.2) is 0 Å². The van der Waals surface area contributed by atoms with Gasteiger partial charge in [-0.1, -0.05) is 13.8 Å². The quantitative estimate of drug-likeness (QED) is 0.826. The Bertz CT molecular complexity index is 429. The van der Waals surface area contributed by atoms with Crippen LogP contribution in [0, 0.1) is 17.8 Å². The summed E-state index contributed by atoms with van der Waals surface area (Å²) in [6, 6.07) is 0.0664. The smallest absolute Gasteiger partial charge is 0.228 e. The second kappa shape index (κ2) is 8.83. The molecule has 2 aliphatic heterocycles. The van der Waals surface area contributed by atoms with Gasteiger partial charge in [0.05, 0.1) is 31.3 Å². The summed E-state index contributed by atoms with van der Waals surface area (Å²) in [4.78, 5) is 14.9. The van der Waals surface area contributed by atoms with Crippen LogP contribution < -0.4 is 5.73 Å². The number of carbonyl (C=O) groups is 1. The number of nitrogens with two attached hydrogens (primary N) is 1. The molecule has 5 heteroatoms. The lowest BCUT2D eigenvalue weighted by Gasteiger charge is -2.41. The monoisotopic (exact) mass is 352 g/mol. The molecule has 0 aromatic rings. The van der Waals surface area contributed by atoms with Gasteiger partial charge in [0.2, 0.25) is 5.91 Å². The molecule has 1 aliphatic carbocycles. The number of likely N-dealkylation sites (tertiary alicyclic amines) is 1. The number of rotatable bonds is 5. The Morgan fingerprint density at radius 3 is 2.60 bits per heavy atom. The maximum absolute atomic E-state index is 12.9. The van der Waals surface area contributed by atoms with Crippen molar-refractivity contribution in [3.8, 4) is 0 Å². The van der Waals surface area contributed by atoms with Crippen molar-refractivity contribution in [1.82, 2.24) is 4.90 Å². The van der Waals surface area contributed by atoms with Crippen molar-refractivity contribution in [2.45, 2.75) is 77.0 Å². The fourth-order valence-electron chi connectivity index (χ4n) is 4.69. The first-order valence-electron chi connectivity index (χ1n) is 10.3. The summed E-state index contributed by atoms with van der Waals surface area (Å²) in [5.74, 6) is 1.87. The van der Waals surface area contributed by atoms with Crippen molar-refractivity contribution in [2.24, 2.45) is 23.5 Å². The molecule has 144 valence electrons. The van der Waals surface area contributed by atoms with Crippen LogP contribution in [0.15, 0.2) is 0 Å². The predicted molar refractivity (Wildman–Crippen MR) is 98.2 cm³/mol. The molecule has 3 unspecified atom stereocenters. The van der Waals surface area contributed by atoms with Crippen molar-refractivity contribution in [3.63, 3.8) is 0 Å². The molecule has 2 heterocycles. The van der Waals surface area contributed by atoms with E-state index in [9.17, 15) is 4.79 Å². The molecule has 5 nitrogen and oxygen atoms in total. The molecule has 3 atom stereocenters. The molecular formula is C20H36N2O3. The SMILES string of the molecule is CC(C)[C@H]1CC[C@@H](OCC2C(N)CCCN2C(=O)C2CCOC2)CC1. The molecule has 0 aromatic carbocycles. The maximum atomic E-state index is 12.9. The molecule has 3 fully saturated rings. The van der Waals surface area contributed by atoms with Crippen LogP contribution in [-0.2, 0) is 14.3 Å². The molecule has 2 N–H and O–H groups in total. The Morgan fingerprint density at radius 1 is 1.20 bits per heavy atom. The molecule has 1 saturated carbocycles. The zero-order valence-corrected chi connectivity index (χ0v) is 16.0. The van der Waals surface area contributed by atoms with Crippen molar-refractivity contribution in [3.05, 3.63) is 0 Å². The van der Waals surface area contributed by atoms with Crippen LogP contribution in [0.5, 0.6) is 0 Å². The van der Waals surface area contributed by atoms with Gasteiger partial charge < -0.3 is 20.1 Å². The molecule has 0 radical (unpaired) electrons. The number of nitrogens with zero attached hydrogens (tertiary/aromatic N) is 1. The lowest BCUT2D eigenvalue weighted by molar-refractivity contribution is -0.142. The normalized spacial score (nSPS) is 36.8. The van der Waals surface area contributed by atoms with Gasteiger partial charge in [-0.3, -0.25) is 4.79 Å². The summed E-state index contributed by atoms with van der Waals surface area (Å²) in [6.45, 7) is 7.33. The number of piperidine rings is 1. The summed E-state index contributed by atoms with van der Waals surface area (Å²) in [6.07, 6.45) is 8.00. The Morgan fingerprint density at radius 2 is 1.96 bits per heavy atom. The zero-order chi connectivity index (χ0) is 17.8. The minimum Gasteiger partial charge on any atom is -0.381 e. The number of hydrogen-bond acceptors (Lipinski definition) is 4. The standard InChI is InChI=1S/C20H36N2O3/c1-14(2)15-5-7-17(8-6-15)25-13-19-18(21)4-3-10-22(19)20(23)16-9-11-24-12-16/h14-19H,3-13,21H2,1-2H3/t15-,16?,17+,18?,19?. The van der Waals surface area contributed by atoms with E-state index in [1.54, 1.807) is 0 Å². The third kappa shape index (κ3) is 4.75. The second-order valence-corrected chi connectivity index (χ2v) is 8.58. The lowest BCUT2D eigenvalue weighted by atomic mass is 9.80. The van der Waals surface area contributed by atoms with Crippen molar-refractivity contribution >= 4 is 5.91 Å². The van der Waals surface area contributed by atoms with Crippen molar-refractivity contribution < 1.29 is 14.3 Å². The van der Waals surface area contributed by atoms with Gasteiger partial charge in [-0.05, 0) is 56.8 Å². The third-order valence-electron chi connectivity index (χ3n) is 6.56. The Kier molecular flexibility index (Phi) is 6.75. The molecule has 0 aromatic heterocycles. The minimum atomic E-state index is 0.0225. The third-order valence-corrected chi connectivity index (χ3v) is 6.56. The second-order valence-electron chi connectivity index (χ2n) is 8.58. The highest BCUT2D eigenvalue weighted by Gasteiger charge is 2.37. The molecule has 3 aliphatic rings. The van der Waals surface area contributed by atoms with Crippen LogP contribution in [0.3, 0.4) is 0 Å². The van der Waals surface area contributed by atoms with E-state index in [4.69, 9.17) is 15.2 Å². The number of hydrogen-bond donors (Lipinski definition) is 1. The van der Waals surface area contributed by atoms with Crippen molar-refractivity contribution in [1.29, 1.82) is 0 Å². The average Bonchev–Trinajstić information content (AvgIpc) is 3.15. The van der Waals surface area contributed by atoms with Gasteiger partial charge in [-0.15, -0.1) is 0 Å². The van der Waals surface area contributed by atoms with Crippen LogP contribution in [0.1, 0.15) is 58.8 Å². The first-order valence-corrected chi connectivity index (χ1v) is 10.3. The summed E-state index contributed by atoms with van der Waals surface area (Å²) in [5, 5.41) is 0. The summed E-state index contributed by atoms with van der Waals surface area (Å²) in [5.41, 5.74) is 6.38. The molecule has 25 heavy (non-hydrogen) atoms. The van der Waals surface area contributed by atoms with E-state index in [-0.39, 0.29) is 23.9 Å². The molecule has 2 saturated heterocycles. The van der Waals surface area contributed by atoms with E-state index >= 15 is 0 Å². The van der Waals surface area contributed by atoms with E-state index in [1.807, 2.05) is 4.90 Å². The molecule has 1 amide bonds. The van der Waals surface area contributed by atoms with Gasteiger partial charge in [0, 0.05) is 19.2 Å². The van der Waals surface area contributed by atoms with Gasteiger partial charge in [-0.25, -0.2) is 0 Å². The van der Waals surface area contributed by atoms with Crippen LogP contribution in [0.2, 0.25) is 0 Å². The highest BCUT2D eigenvalue weighted by atomic mass is 16.5. The predicted octanol–water partition coefficient (Wildman–Crippen LogP) is 2.57. The number of ether oxygens (including phenoxy) is 2. The summed E-state index contributed by atoms with van der Waals surface area (Å²) >= 11 is 0. The van der Waals surface area contributed by atoms with E-state index in [1.165, 1.54) is 12.8 Å². The number of amides is 1. The van der Waals surface area contributed by atoms with Gasteiger partial charge in [0.1, 0.15) is 0 Å². The molecule has 0 spiro atoms. The van der Waals surface area contributed by atoms with E-state index in [0.29, 0.717) is 25.9 Å². The fraction of sp³-hybridized carbons (Fsp3) is 0.950. The van der Waals surface area contributed by atoms with Crippen LogP contribution in [0.25, 0.3) is 0 Å². The highest BCUT2D eigenvalue weighted by molar-refractivity contribution is 5.79. The number of carbonyl (C=O) groups excluding carboxylic acids is 1. The van der Waals surface area contributed by atoms with Gasteiger partial charge in [0.25, 0.3) is 0 Å². The van der Waals surface area contributed by atoms with Gasteiger partial charge in [-0.2, -0.15) is 0 Å². The van der Waals surface area contributed by atoms with E-state index in [2.05, 4.69) is 13.8 Å². The molecule has 0 bridgehead atoms. The topological polar surface area (TPSA) is 64.8 Å². The minimum absolute atomic E-state index is 0.0225. The molecular weight excluding hydrogens is 316 g/mol. The Balaban J connectivity index is 1.52. The maximum Gasteiger partial charge on any atom is 0.228 e. The molecule has 3 rings (SSSR count). The van der Waals surface area contributed by atoms with Crippen LogP contribution in [0.4, 0.5) is 0 Å². The zero-order valence-electron chi connectivity index (χ0n) is 16.0. The first kappa shape index (κ1) is 19.1. The summed E-state index contributed by atoms with van der Waals surface area (Å²) in [7, 11) is 0. The average molecular weight is 353 g/mol. The first-order chi connectivity index (χ1) is 12.1. The van der Waals surface area contributed by atoms with Crippen LogP contribution >= 0.6 is 0 Å². The van der Waals surface area contributed by atoms with Crippen molar-refractivity contribution in [2.75, 3.05) is 26.4 Å².